The van der Waals surface area contributed by atoms with Crippen molar-refractivity contribution in [1.82, 2.24) is 0 Å². The first kappa shape index (κ1) is 11.8. The van der Waals surface area contributed by atoms with Gasteiger partial charge in [-0.3, -0.25) is 4.79 Å². The van der Waals surface area contributed by atoms with E-state index < -0.39 is 18.1 Å². The van der Waals surface area contributed by atoms with E-state index in [0.717, 1.165) is 0 Å². The minimum absolute atomic E-state index is 0.0346. The standard InChI is InChI=1S/C9H10N4O3/c10-7(9(15)16)8(12-13-11)5-1-3-6(14)4-2-5/h1-4,7-8,14H,10H2,(H,15,16)/t7-,8?/m0/s1. The van der Waals surface area contributed by atoms with Crippen LogP contribution in [0.2, 0.25) is 0 Å². The molecule has 0 aliphatic heterocycles. The Morgan fingerprint density at radius 3 is 2.44 bits per heavy atom. The van der Waals surface area contributed by atoms with E-state index in [2.05, 4.69) is 10.0 Å². The van der Waals surface area contributed by atoms with Crippen molar-refractivity contribution in [3.05, 3.63) is 40.3 Å². The quantitative estimate of drug-likeness (QED) is 0.400. The van der Waals surface area contributed by atoms with Crippen LogP contribution in [-0.2, 0) is 4.79 Å². The summed E-state index contributed by atoms with van der Waals surface area (Å²) in [6.07, 6.45) is 0. The number of hydrogen-bond donors (Lipinski definition) is 3. The van der Waals surface area contributed by atoms with Gasteiger partial charge < -0.3 is 15.9 Å². The lowest BCUT2D eigenvalue weighted by Crippen LogP contribution is -2.35. The Balaban J connectivity index is 3.07. The summed E-state index contributed by atoms with van der Waals surface area (Å²) in [5, 5.41) is 21.1. The molecule has 84 valence electrons. The number of benzene rings is 1. The minimum Gasteiger partial charge on any atom is -0.508 e. The molecule has 0 saturated carbocycles. The number of carboxylic acid groups (broad SMARTS) is 1. The summed E-state index contributed by atoms with van der Waals surface area (Å²) in [5.74, 6) is -1.22. The Morgan fingerprint density at radius 2 is 2.00 bits per heavy atom. The molecule has 7 nitrogen and oxygen atoms in total. The number of phenols is 1. The number of azide groups is 1. The van der Waals surface area contributed by atoms with Crippen LogP contribution in [0.15, 0.2) is 29.4 Å². The summed E-state index contributed by atoms with van der Waals surface area (Å²) in [4.78, 5) is 13.3. The molecule has 0 fully saturated rings. The molecule has 0 heterocycles. The van der Waals surface area contributed by atoms with E-state index in [-0.39, 0.29) is 5.75 Å². The van der Waals surface area contributed by atoms with Crippen LogP contribution < -0.4 is 5.73 Å². The Hall–Kier alpha value is -2.24. The summed E-state index contributed by atoms with van der Waals surface area (Å²) in [5.41, 5.74) is 14.2. The topological polar surface area (TPSA) is 132 Å². The molecule has 0 spiro atoms. The second-order valence-electron chi connectivity index (χ2n) is 3.11. The first-order valence-electron chi connectivity index (χ1n) is 4.37. The number of phenolic OH excluding ortho intramolecular Hbond substituents is 1. The molecule has 0 saturated heterocycles. The van der Waals surface area contributed by atoms with Crippen LogP contribution in [0.3, 0.4) is 0 Å². The molecule has 1 aromatic carbocycles. The summed E-state index contributed by atoms with van der Waals surface area (Å²) in [6.45, 7) is 0. The van der Waals surface area contributed by atoms with Crippen LogP contribution in [0.25, 0.3) is 10.4 Å². The molecular weight excluding hydrogens is 212 g/mol. The third-order valence-corrected chi connectivity index (χ3v) is 2.04. The number of aromatic hydroxyl groups is 1. The fraction of sp³-hybridized carbons (Fsp3) is 0.222. The van der Waals surface area contributed by atoms with Gasteiger partial charge in [0, 0.05) is 4.91 Å². The van der Waals surface area contributed by atoms with Crippen molar-refractivity contribution in [2.24, 2.45) is 10.8 Å². The normalized spacial score (nSPS) is 13.6. The predicted octanol–water partition coefficient (Wildman–Crippen LogP) is 1.16. The Bertz CT molecular complexity index is 425. The third-order valence-electron chi connectivity index (χ3n) is 2.04. The third kappa shape index (κ3) is 2.63. The summed E-state index contributed by atoms with van der Waals surface area (Å²) < 4.78 is 0. The van der Waals surface area contributed by atoms with Gasteiger partial charge in [-0.05, 0) is 23.2 Å². The zero-order valence-electron chi connectivity index (χ0n) is 8.19. The van der Waals surface area contributed by atoms with Gasteiger partial charge >= 0.3 is 5.97 Å². The molecule has 0 aliphatic carbocycles. The van der Waals surface area contributed by atoms with E-state index in [1.165, 1.54) is 24.3 Å². The lowest BCUT2D eigenvalue weighted by molar-refractivity contribution is -0.139. The Labute approximate surface area is 90.7 Å². The summed E-state index contributed by atoms with van der Waals surface area (Å²) in [7, 11) is 0. The number of rotatable bonds is 4. The Kier molecular flexibility index (Phi) is 3.71. The van der Waals surface area contributed by atoms with Gasteiger partial charge in [0.1, 0.15) is 11.8 Å². The van der Waals surface area contributed by atoms with Crippen LogP contribution in [0.5, 0.6) is 5.75 Å². The van der Waals surface area contributed by atoms with Crippen LogP contribution in [0, 0.1) is 0 Å². The van der Waals surface area contributed by atoms with Gasteiger partial charge in [0.15, 0.2) is 0 Å². The highest BCUT2D eigenvalue weighted by Crippen LogP contribution is 2.22. The molecule has 4 N–H and O–H groups in total. The molecule has 0 aromatic heterocycles. The maximum absolute atomic E-state index is 10.7. The Morgan fingerprint density at radius 1 is 1.44 bits per heavy atom. The summed E-state index contributed by atoms with van der Waals surface area (Å²) in [6, 6.07) is 3.33. The second-order valence-corrected chi connectivity index (χ2v) is 3.11. The highest BCUT2D eigenvalue weighted by atomic mass is 16.4. The number of carbonyl (C=O) groups is 1. The van der Waals surface area contributed by atoms with Crippen molar-refractivity contribution in [1.29, 1.82) is 0 Å². The SMILES string of the molecule is [N-]=[N+]=NC(c1ccc(O)cc1)[C@H](N)C(=O)O. The van der Waals surface area contributed by atoms with Gasteiger partial charge in [0.05, 0.1) is 6.04 Å². The molecule has 16 heavy (non-hydrogen) atoms. The largest absolute Gasteiger partial charge is 0.508 e. The van der Waals surface area contributed by atoms with Crippen molar-refractivity contribution < 1.29 is 15.0 Å². The maximum atomic E-state index is 10.7. The fourth-order valence-corrected chi connectivity index (χ4v) is 1.21. The van der Waals surface area contributed by atoms with E-state index in [0.29, 0.717) is 5.56 Å². The van der Waals surface area contributed by atoms with Crippen molar-refractivity contribution >= 4 is 5.97 Å². The van der Waals surface area contributed by atoms with Crippen molar-refractivity contribution in [3.8, 4) is 5.75 Å². The zero-order valence-corrected chi connectivity index (χ0v) is 8.19. The second kappa shape index (κ2) is 5.01. The molecule has 0 aliphatic rings. The van der Waals surface area contributed by atoms with Crippen LogP contribution in [0.4, 0.5) is 0 Å². The van der Waals surface area contributed by atoms with Crippen LogP contribution >= 0.6 is 0 Å². The molecular formula is C9H10N4O3. The number of carboxylic acids is 1. The molecule has 1 rings (SSSR count). The average Bonchev–Trinajstić information content (AvgIpc) is 2.26. The molecule has 0 amide bonds. The smallest absolute Gasteiger partial charge is 0.321 e. The van der Waals surface area contributed by atoms with Crippen molar-refractivity contribution in [3.63, 3.8) is 0 Å². The van der Waals surface area contributed by atoms with Gasteiger partial charge in [-0.1, -0.05) is 17.2 Å². The van der Waals surface area contributed by atoms with Crippen molar-refractivity contribution in [2.75, 3.05) is 0 Å². The van der Waals surface area contributed by atoms with Gasteiger partial charge in [-0.25, -0.2) is 0 Å². The van der Waals surface area contributed by atoms with E-state index in [1.807, 2.05) is 0 Å². The maximum Gasteiger partial charge on any atom is 0.321 e. The van der Waals surface area contributed by atoms with Gasteiger partial charge in [0.2, 0.25) is 0 Å². The average molecular weight is 222 g/mol. The molecule has 1 unspecified atom stereocenters. The number of nitrogens with zero attached hydrogens (tertiary/aromatic N) is 3. The van der Waals surface area contributed by atoms with Crippen molar-refractivity contribution in [2.45, 2.75) is 12.1 Å². The first-order chi connectivity index (χ1) is 7.56. The molecule has 0 bridgehead atoms. The van der Waals surface area contributed by atoms with Gasteiger partial charge in [-0.15, -0.1) is 0 Å². The van der Waals surface area contributed by atoms with Crippen LogP contribution in [0.1, 0.15) is 11.6 Å². The molecule has 1 aromatic rings. The van der Waals surface area contributed by atoms with E-state index >= 15 is 0 Å². The molecule has 7 heteroatoms. The number of hydrogen-bond acceptors (Lipinski definition) is 4. The number of aliphatic carboxylic acids is 1. The highest BCUT2D eigenvalue weighted by molar-refractivity contribution is 5.74. The molecule has 0 radical (unpaired) electrons. The first-order valence-corrected chi connectivity index (χ1v) is 4.37. The lowest BCUT2D eigenvalue weighted by Gasteiger charge is -2.15. The van der Waals surface area contributed by atoms with Gasteiger partial charge in [-0.2, -0.15) is 0 Å². The van der Waals surface area contributed by atoms with E-state index in [9.17, 15) is 4.79 Å². The summed E-state index contributed by atoms with van der Waals surface area (Å²) >= 11 is 0. The van der Waals surface area contributed by atoms with Crippen LogP contribution in [-0.4, -0.2) is 22.2 Å². The molecule has 2 atom stereocenters. The predicted molar refractivity (Wildman–Crippen MR) is 55.6 cm³/mol. The minimum atomic E-state index is -1.32. The lowest BCUT2D eigenvalue weighted by atomic mass is 10.0. The van der Waals surface area contributed by atoms with E-state index in [4.69, 9.17) is 21.5 Å². The highest BCUT2D eigenvalue weighted by Gasteiger charge is 2.24. The van der Waals surface area contributed by atoms with Gasteiger partial charge in [0.25, 0.3) is 0 Å². The van der Waals surface area contributed by atoms with E-state index in [1.54, 1.807) is 0 Å². The fourth-order valence-electron chi connectivity index (χ4n) is 1.21. The number of nitrogens with two attached hydrogens (primary N) is 1. The monoisotopic (exact) mass is 222 g/mol. The zero-order chi connectivity index (χ0) is 12.1.